The first-order chi connectivity index (χ1) is 13.8. The number of nitrogen functional groups attached to an aromatic ring is 1. The van der Waals surface area contributed by atoms with Crippen molar-refractivity contribution < 1.29 is 22.6 Å². The smallest absolute Gasteiger partial charge is 0.296 e. The Labute approximate surface area is 169 Å². The lowest BCUT2D eigenvalue weighted by atomic mass is 9.82. The molecule has 2 aromatic carbocycles. The van der Waals surface area contributed by atoms with Crippen LogP contribution in [0.25, 0.3) is 0 Å². The molecule has 0 amide bonds. The van der Waals surface area contributed by atoms with Crippen LogP contribution >= 0.6 is 0 Å². The van der Waals surface area contributed by atoms with Crippen molar-refractivity contribution in [1.29, 1.82) is 0 Å². The van der Waals surface area contributed by atoms with Crippen LogP contribution in [-0.2, 0) is 10.1 Å². The summed E-state index contributed by atoms with van der Waals surface area (Å²) in [5, 5.41) is 3.27. The van der Waals surface area contributed by atoms with Gasteiger partial charge in [0.2, 0.25) is 0 Å². The fourth-order valence-corrected chi connectivity index (χ4v) is 4.91. The van der Waals surface area contributed by atoms with E-state index in [1.54, 1.807) is 18.2 Å². The molecule has 0 aliphatic heterocycles. The summed E-state index contributed by atoms with van der Waals surface area (Å²) < 4.78 is 33.5. The topological polar surface area (TPSA) is 127 Å². The normalized spacial score (nSPS) is 17.4. The van der Waals surface area contributed by atoms with E-state index in [-0.39, 0.29) is 39.8 Å². The van der Waals surface area contributed by atoms with E-state index in [0.717, 1.165) is 38.5 Å². The average Bonchev–Trinajstić information content (AvgIpc) is 2.95. The highest BCUT2D eigenvalue weighted by Gasteiger charge is 2.36. The molecule has 4 rings (SSSR count). The van der Waals surface area contributed by atoms with Crippen LogP contribution in [0.4, 0.5) is 11.4 Å². The van der Waals surface area contributed by atoms with Crippen molar-refractivity contribution in [1.82, 2.24) is 0 Å². The van der Waals surface area contributed by atoms with Crippen LogP contribution in [0, 0.1) is 0 Å². The molecule has 0 atom stereocenters. The standard InChI is InChI=1S/C21H22N2O5S/c22-19-16(29(26,27)28)11-15(23-12-7-3-1-2-4-8-12)17-18(19)21(25)14-10-6-5-9-13(14)20(17)24/h5-6,9-12,23H,1-4,7-8,22H2,(H,26,27,28). The number of hydrogen-bond donors (Lipinski definition) is 3. The summed E-state index contributed by atoms with van der Waals surface area (Å²) in [4.78, 5) is 25.8. The van der Waals surface area contributed by atoms with E-state index in [0.29, 0.717) is 0 Å². The zero-order chi connectivity index (χ0) is 20.8. The van der Waals surface area contributed by atoms with Gasteiger partial charge in [-0.15, -0.1) is 0 Å². The van der Waals surface area contributed by atoms with Gasteiger partial charge in [-0.3, -0.25) is 14.1 Å². The van der Waals surface area contributed by atoms with Crippen LogP contribution < -0.4 is 11.1 Å². The summed E-state index contributed by atoms with van der Waals surface area (Å²) in [6, 6.07) is 7.59. The highest BCUT2D eigenvalue weighted by molar-refractivity contribution is 7.86. The fraction of sp³-hybridized carbons (Fsp3) is 0.333. The van der Waals surface area contributed by atoms with E-state index in [4.69, 9.17) is 5.73 Å². The largest absolute Gasteiger partial charge is 0.397 e. The van der Waals surface area contributed by atoms with E-state index in [1.165, 1.54) is 12.1 Å². The summed E-state index contributed by atoms with van der Waals surface area (Å²) in [5.41, 5.74) is 6.14. The lowest BCUT2D eigenvalue weighted by molar-refractivity contribution is 0.0980. The molecular formula is C21H22N2O5S. The first-order valence-corrected chi connectivity index (χ1v) is 11.1. The van der Waals surface area contributed by atoms with Gasteiger partial charge in [-0.2, -0.15) is 8.42 Å². The van der Waals surface area contributed by atoms with Crippen LogP contribution in [0.5, 0.6) is 0 Å². The highest BCUT2D eigenvalue weighted by atomic mass is 32.2. The van der Waals surface area contributed by atoms with Crippen LogP contribution in [0.2, 0.25) is 0 Å². The third-order valence-electron chi connectivity index (χ3n) is 5.69. The Morgan fingerprint density at radius 3 is 2.03 bits per heavy atom. The van der Waals surface area contributed by atoms with Crippen LogP contribution in [-0.4, -0.2) is 30.6 Å². The maximum atomic E-state index is 13.2. The second kappa shape index (κ2) is 7.27. The Morgan fingerprint density at radius 1 is 0.931 bits per heavy atom. The molecule has 0 saturated heterocycles. The Morgan fingerprint density at radius 2 is 1.48 bits per heavy atom. The SMILES string of the molecule is Nc1c(S(=O)(=O)O)cc(NC2CCCCCC2)c2c1C(=O)c1ccccc1C2=O. The minimum Gasteiger partial charge on any atom is -0.397 e. The average molecular weight is 414 g/mol. The molecule has 0 heterocycles. The van der Waals surface area contributed by atoms with Crippen molar-refractivity contribution in [3.8, 4) is 0 Å². The molecular weight excluding hydrogens is 392 g/mol. The number of nitrogens with two attached hydrogens (primary N) is 1. The molecule has 8 heteroatoms. The minimum atomic E-state index is -4.68. The molecule has 29 heavy (non-hydrogen) atoms. The van der Waals surface area contributed by atoms with Crippen LogP contribution in [0.15, 0.2) is 35.2 Å². The van der Waals surface area contributed by atoms with Gasteiger partial charge in [0.05, 0.1) is 16.8 Å². The number of carbonyl (C=O) groups excluding carboxylic acids is 2. The van der Waals surface area contributed by atoms with Crippen molar-refractivity contribution in [3.63, 3.8) is 0 Å². The second-order valence-electron chi connectivity index (χ2n) is 7.60. The van der Waals surface area contributed by atoms with E-state index in [2.05, 4.69) is 5.32 Å². The maximum absolute atomic E-state index is 13.2. The molecule has 152 valence electrons. The molecule has 0 unspecified atom stereocenters. The van der Waals surface area contributed by atoms with E-state index in [9.17, 15) is 22.6 Å². The zero-order valence-electron chi connectivity index (χ0n) is 15.8. The molecule has 0 spiro atoms. The summed E-state index contributed by atoms with van der Waals surface area (Å²) in [6.07, 6.45) is 6.04. The van der Waals surface area contributed by atoms with Gasteiger partial charge in [-0.25, -0.2) is 0 Å². The molecule has 2 aromatic rings. The first-order valence-electron chi connectivity index (χ1n) is 9.68. The minimum absolute atomic E-state index is 0.0412. The van der Waals surface area contributed by atoms with Crippen molar-refractivity contribution in [2.45, 2.75) is 49.5 Å². The lowest BCUT2D eigenvalue weighted by Gasteiger charge is -2.26. The number of nitrogens with one attached hydrogen (secondary N) is 1. The maximum Gasteiger partial charge on any atom is 0.296 e. The predicted octanol–water partition coefficient (Wildman–Crippen LogP) is 3.43. The predicted molar refractivity (Wildman–Crippen MR) is 109 cm³/mol. The Hall–Kier alpha value is -2.71. The van der Waals surface area contributed by atoms with Gasteiger partial charge in [0.15, 0.2) is 11.6 Å². The Bertz CT molecular complexity index is 1120. The van der Waals surface area contributed by atoms with E-state index < -0.39 is 26.5 Å². The molecule has 0 radical (unpaired) electrons. The third-order valence-corrected chi connectivity index (χ3v) is 6.59. The summed E-state index contributed by atoms with van der Waals surface area (Å²) >= 11 is 0. The molecule has 7 nitrogen and oxygen atoms in total. The van der Waals surface area contributed by atoms with Gasteiger partial charge in [-0.1, -0.05) is 49.9 Å². The van der Waals surface area contributed by atoms with Gasteiger partial charge in [0.25, 0.3) is 10.1 Å². The quantitative estimate of drug-likeness (QED) is 0.340. The van der Waals surface area contributed by atoms with E-state index in [1.807, 2.05) is 0 Å². The highest BCUT2D eigenvalue weighted by Crippen LogP contribution is 2.39. The number of carbonyl (C=O) groups is 2. The van der Waals surface area contributed by atoms with Crippen molar-refractivity contribution in [3.05, 3.63) is 52.6 Å². The van der Waals surface area contributed by atoms with Gasteiger partial charge < -0.3 is 11.1 Å². The van der Waals surface area contributed by atoms with Gasteiger partial charge in [0, 0.05) is 22.9 Å². The Kier molecular flexibility index (Phi) is 4.92. The number of hydrogen-bond acceptors (Lipinski definition) is 6. The third kappa shape index (κ3) is 3.42. The van der Waals surface area contributed by atoms with Crippen molar-refractivity contribution in [2.75, 3.05) is 11.1 Å². The second-order valence-corrected chi connectivity index (χ2v) is 8.99. The number of benzene rings is 2. The number of fused-ring (bicyclic) bond motifs is 2. The number of rotatable bonds is 3. The van der Waals surface area contributed by atoms with E-state index >= 15 is 0 Å². The molecule has 1 saturated carbocycles. The number of ketones is 2. The molecule has 4 N–H and O–H groups in total. The molecule has 0 aromatic heterocycles. The monoisotopic (exact) mass is 414 g/mol. The summed E-state index contributed by atoms with van der Waals surface area (Å²) in [6.45, 7) is 0. The fourth-order valence-electron chi connectivity index (χ4n) is 4.26. The summed E-state index contributed by atoms with van der Waals surface area (Å²) in [5.74, 6) is -0.915. The number of anilines is 2. The Balaban J connectivity index is 1.93. The van der Waals surface area contributed by atoms with Gasteiger partial charge in [-0.05, 0) is 18.9 Å². The van der Waals surface area contributed by atoms with Gasteiger partial charge >= 0.3 is 0 Å². The van der Waals surface area contributed by atoms with Crippen molar-refractivity contribution >= 4 is 33.1 Å². The van der Waals surface area contributed by atoms with Gasteiger partial charge in [0.1, 0.15) is 4.90 Å². The van der Waals surface area contributed by atoms with Crippen LogP contribution in [0.1, 0.15) is 70.4 Å². The molecule has 0 bridgehead atoms. The zero-order valence-corrected chi connectivity index (χ0v) is 16.6. The molecule has 2 aliphatic carbocycles. The lowest BCUT2D eigenvalue weighted by Crippen LogP contribution is -2.27. The first kappa shape index (κ1) is 19.6. The molecule has 2 aliphatic rings. The molecule has 1 fully saturated rings. The van der Waals surface area contributed by atoms with Crippen molar-refractivity contribution in [2.24, 2.45) is 0 Å². The van der Waals surface area contributed by atoms with Crippen LogP contribution in [0.3, 0.4) is 0 Å². The summed E-state index contributed by atoms with van der Waals surface area (Å²) in [7, 11) is -4.68.